The second kappa shape index (κ2) is 6.67. The van der Waals surface area contributed by atoms with Gasteiger partial charge in [-0.25, -0.2) is 4.98 Å². The van der Waals surface area contributed by atoms with E-state index < -0.39 is 0 Å². The van der Waals surface area contributed by atoms with E-state index in [4.69, 9.17) is 9.15 Å². The minimum atomic E-state index is -0.189. The van der Waals surface area contributed by atoms with Gasteiger partial charge in [-0.05, 0) is 37.6 Å². The van der Waals surface area contributed by atoms with Gasteiger partial charge in [0.2, 0.25) is 11.7 Å². The van der Waals surface area contributed by atoms with Gasteiger partial charge in [0.25, 0.3) is 5.91 Å². The van der Waals surface area contributed by atoms with Crippen LogP contribution < -0.4 is 9.64 Å². The standard InChI is InChI=1S/C21H20N2O3/c1-3-16-13-23(17-11-7-8-12-18(17)25-16)21(24)19-14(2)22-20(26-19)15-9-5-4-6-10-15/h4-12,16H,3,13H2,1-2H3. The van der Waals surface area contributed by atoms with E-state index in [1.165, 1.54) is 0 Å². The van der Waals surface area contributed by atoms with Crippen LogP contribution in [0.25, 0.3) is 11.5 Å². The number of oxazole rings is 1. The molecule has 1 aliphatic heterocycles. The van der Waals surface area contributed by atoms with Crippen molar-refractivity contribution in [2.75, 3.05) is 11.4 Å². The molecule has 0 fully saturated rings. The molecule has 5 heteroatoms. The summed E-state index contributed by atoms with van der Waals surface area (Å²) >= 11 is 0. The Balaban J connectivity index is 1.71. The molecule has 0 radical (unpaired) electrons. The molecule has 1 unspecified atom stereocenters. The van der Waals surface area contributed by atoms with Gasteiger partial charge in [-0.1, -0.05) is 37.3 Å². The number of anilines is 1. The minimum absolute atomic E-state index is 0.0364. The molecule has 0 saturated carbocycles. The van der Waals surface area contributed by atoms with Gasteiger partial charge in [0.1, 0.15) is 11.9 Å². The van der Waals surface area contributed by atoms with Gasteiger partial charge in [-0.2, -0.15) is 0 Å². The van der Waals surface area contributed by atoms with Crippen LogP contribution in [0.15, 0.2) is 59.0 Å². The highest BCUT2D eigenvalue weighted by Gasteiger charge is 2.32. The van der Waals surface area contributed by atoms with Crippen molar-refractivity contribution >= 4 is 11.6 Å². The molecule has 0 aliphatic carbocycles. The smallest absolute Gasteiger partial charge is 0.296 e. The van der Waals surface area contributed by atoms with Crippen molar-refractivity contribution in [3.63, 3.8) is 0 Å². The quantitative estimate of drug-likeness (QED) is 0.701. The highest BCUT2D eigenvalue weighted by Crippen LogP contribution is 2.35. The maximum absolute atomic E-state index is 13.2. The lowest BCUT2D eigenvalue weighted by Gasteiger charge is -2.34. The van der Waals surface area contributed by atoms with Gasteiger partial charge in [0.05, 0.1) is 17.9 Å². The first-order valence-corrected chi connectivity index (χ1v) is 8.77. The van der Waals surface area contributed by atoms with Crippen molar-refractivity contribution < 1.29 is 13.9 Å². The summed E-state index contributed by atoms with van der Waals surface area (Å²) in [5, 5.41) is 0. The SMILES string of the molecule is CCC1CN(C(=O)c2oc(-c3ccccc3)nc2C)c2ccccc2O1. The van der Waals surface area contributed by atoms with Crippen LogP contribution in [0, 0.1) is 6.92 Å². The first-order valence-electron chi connectivity index (χ1n) is 8.77. The lowest BCUT2D eigenvalue weighted by molar-refractivity contribution is 0.0928. The van der Waals surface area contributed by atoms with Crippen molar-refractivity contribution in [2.45, 2.75) is 26.4 Å². The van der Waals surface area contributed by atoms with E-state index in [9.17, 15) is 4.79 Å². The molecule has 0 spiro atoms. The first kappa shape index (κ1) is 16.4. The molecule has 1 aliphatic rings. The molecule has 0 N–H and O–H groups in total. The normalized spacial score (nSPS) is 16.1. The molecule has 1 atom stereocenters. The third kappa shape index (κ3) is 2.86. The van der Waals surface area contributed by atoms with Gasteiger partial charge in [0.15, 0.2) is 0 Å². The Hall–Kier alpha value is -3.08. The van der Waals surface area contributed by atoms with Crippen LogP contribution >= 0.6 is 0 Å². The van der Waals surface area contributed by atoms with Crippen molar-refractivity contribution in [2.24, 2.45) is 0 Å². The Morgan fingerprint density at radius 3 is 2.65 bits per heavy atom. The average Bonchev–Trinajstić information content (AvgIpc) is 3.09. The second-order valence-corrected chi connectivity index (χ2v) is 6.33. The average molecular weight is 348 g/mol. The molecule has 26 heavy (non-hydrogen) atoms. The molecule has 0 saturated heterocycles. The second-order valence-electron chi connectivity index (χ2n) is 6.33. The monoisotopic (exact) mass is 348 g/mol. The van der Waals surface area contributed by atoms with Gasteiger partial charge in [-0.15, -0.1) is 0 Å². The Labute approximate surface area is 152 Å². The summed E-state index contributed by atoms with van der Waals surface area (Å²) in [7, 11) is 0. The highest BCUT2D eigenvalue weighted by molar-refractivity contribution is 6.06. The summed E-state index contributed by atoms with van der Waals surface area (Å²) < 4.78 is 11.8. The van der Waals surface area contributed by atoms with Crippen LogP contribution in [-0.4, -0.2) is 23.5 Å². The number of nitrogens with zero attached hydrogens (tertiary/aromatic N) is 2. The fourth-order valence-electron chi connectivity index (χ4n) is 3.12. The summed E-state index contributed by atoms with van der Waals surface area (Å²) in [6, 6.07) is 17.2. The molecular weight excluding hydrogens is 328 g/mol. The molecule has 132 valence electrons. The number of aryl methyl sites for hydroxylation is 1. The Morgan fingerprint density at radius 2 is 1.88 bits per heavy atom. The molecule has 5 nitrogen and oxygen atoms in total. The summed E-state index contributed by atoms with van der Waals surface area (Å²) in [5.74, 6) is 1.27. The Bertz CT molecular complexity index is 933. The van der Waals surface area contributed by atoms with E-state index in [1.807, 2.05) is 54.6 Å². The van der Waals surface area contributed by atoms with E-state index in [0.717, 1.165) is 23.4 Å². The number of fused-ring (bicyclic) bond motifs is 1. The number of carbonyl (C=O) groups excluding carboxylic acids is 1. The zero-order valence-electron chi connectivity index (χ0n) is 14.8. The van der Waals surface area contributed by atoms with Crippen molar-refractivity contribution in [1.29, 1.82) is 0 Å². The predicted octanol–water partition coefficient (Wildman–Crippen LogP) is 4.47. The Morgan fingerprint density at radius 1 is 1.15 bits per heavy atom. The minimum Gasteiger partial charge on any atom is -0.486 e. The fourth-order valence-corrected chi connectivity index (χ4v) is 3.12. The number of para-hydroxylation sites is 2. The summed E-state index contributed by atoms with van der Waals surface area (Å²) in [6.07, 6.45) is 0.786. The predicted molar refractivity (Wildman–Crippen MR) is 99.5 cm³/mol. The zero-order chi connectivity index (χ0) is 18.1. The van der Waals surface area contributed by atoms with Crippen LogP contribution in [0.5, 0.6) is 5.75 Å². The molecule has 1 amide bonds. The summed E-state index contributed by atoms with van der Waals surface area (Å²) in [6.45, 7) is 4.34. The number of carbonyl (C=O) groups is 1. The number of hydrogen-bond donors (Lipinski definition) is 0. The highest BCUT2D eigenvalue weighted by atomic mass is 16.5. The zero-order valence-corrected chi connectivity index (χ0v) is 14.8. The fraction of sp³-hybridized carbons (Fsp3) is 0.238. The van der Waals surface area contributed by atoms with Crippen LogP contribution in [0.1, 0.15) is 29.6 Å². The largest absolute Gasteiger partial charge is 0.486 e. The van der Waals surface area contributed by atoms with Crippen LogP contribution in [0.3, 0.4) is 0 Å². The van der Waals surface area contributed by atoms with Crippen LogP contribution in [-0.2, 0) is 0 Å². The molecule has 3 aromatic rings. The van der Waals surface area contributed by atoms with Crippen molar-refractivity contribution in [3.05, 3.63) is 66.1 Å². The molecule has 1 aromatic heterocycles. The summed E-state index contributed by atoms with van der Waals surface area (Å²) in [5.41, 5.74) is 2.20. The van der Waals surface area contributed by atoms with Crippen LogP contribution in [0.4, 0.5) is 5.69 Å². The Kier molecular flexibility index (Phi) is 4.21. The van der Waals surface area contributed by atoms with Crippen molar-refractivity contribution in [1.82, 2.24) is 4.98 Å². The van der Waals surface area contributed by atoms with E-state index in [1.54, 1.807) is 11.8 Å². The summed E-state index contributed by atoms with van der Waals surface area (Å²) in [4.78, 5) is 19.4. The molecule has 4 rings (SSSR count). The number of rotatable bonds is 3. The molecule has 0 bridgehead atoms. The van der Waals surface area contributed by atoms with E-state index in [0.29, 0.717) is 18.1 Å². The topological polar surface area (TPSA) is 55.6 Å². The maximum Gasteiger partial charge on any atom is 0.296 e. The lowest BCUT2D eigenvalue weighted by atomic mass is 10.1. The molecule has 2 heterocycles. The van der Waals surface area contributed by atoms with E-state index in [-0.39, 0.29) is 17.8 Å². The number of aromatic nitrogens is 1. The van der Waals surface area contributed by atoms with E-state index >= 15 is 0 Å². The molecule has 2 aromatic carbocycles. The number of ether oxygens (including phenoxy) is 1. The van der Waals surface area contributed by atoms with Gasteiger partial charge < -0.3 is 9.15 Å². The van der Waals surface area contributed by atoms with Crippen LogP contribution in [0.2, 0.25) is 0 Å². The van der Waals surface area contributed by atoms with Gasteiger partial charge in [-0.3, -0.25) is 9.69 Å². The van der Waals surface area contributed by atoms with Gasteiger partial charge in [0, 0.05) is 5.56 Å². The lowest BCUT2D eigenvalue weighted by Crippen LogP contribution is -2.43. The third-order valence-electron chi connectivity index (χ3n) is 4.55. The van der Waals surface area contributed by atoms with Gasteiger partial charge >= 0.3 is 0 Å². The van der Waals surface area contributed by atoms with Crippen molar-refractivity contribution in [3.8, 4) is 17.2 Å². The molecular formula is C21H20N2O3. The third-order valence-corrected chi connectivity index (χ3v) is 4.55. The maximum atomic E-state index is 13.2. The number of amides is 1. The van der Waals surface area contributed by atoms with E-state index in [2.05, 4.69) is 11.9 Å². The number of benzene rings is 2. The first-order chi connectivity index (χ1) is 12.7. The number of hydrogen-bond acceptors (Lipinski definition) is 4.